The number of pyridine rings is 2. The molecule has 2 aliphatic heterocycles. The molecule has 0 saturated carbocycles. The normalized spacial score (nSPS) is 20.8. The van der Waals surface area contributed by atoms with Gasteiger partial charge in [0.2, 0.25) is 21.7 Å². The molecule has 0 bridgehead atoms. The summed E-state index contributed by atoms with van der Waals surface area (Å²) in [4.78, 5) is 16.8. The third kappa shape index (κ3) is 5.29. The van der Waals surface area contributed by atoms with Gasteiger partial charge in [0.15, 0.2) is 5.65 Å². The Bertz CT molecular complexity index is 1950. The summed E-state index contributed by atoms with van der Waals surface area (Å²) in [6.45, 7) is 7.02. The number of hydrogen-bond acceptors (Lipinski definition) is 8. The van der Waals surface area contributed by atoms with Crippen LogP contribution < -0.4 is 4.74 Å². The zero-order chi connectivity index (χ0) is 33.2. The Labute approximate surface area is 263 Å². The summed E-state index contributed by atoms with van der Waals surface area (Å²) in [6, 6.07) is 9.74. The fraction of sp³-hybridized carbons (Fsp3) is 0.419. The van der Waals surface area contributed by atoms with Crippen LogP contribution in [0.3, 0.4) is 0 Å². The number of sulfonamides is 1. The summed E-state index contributed by atoms with van der Waals surface area (Å²) < 4.78 is 82.7. The van der Waals surface area contributed by atoms with Gasteiger partial charge in [-0.1, -0.05) is 18.2 Å². The number of alkyl halides is 3. The number of ether oxygens (including phenoxy) is 2. The minimum absolute atomic E-state index is 0.00358. The molecule has 2 atom stereocenters. The van der Waals surface area contributed by atoms with Crippen molar-refractivity contribution in [3.8, 4) is 5.88 Å². The van der Waals surface area contributed by atoms with Gasteiger partial charge in [-0.25, -0.2) is 13.4 Å². The Morgan fingerprint density at radius 2 is 1.91 bits per heavy atom. The first-order chi connectivity index (χ1) is 21.5. The molecule has 3 aromatic heterocycles. The fourth-order valence-electron chi connectivity index (χ4n) is 6.31. The summed E-state index contributed by atoms with van der Waals surface area (Å²) in [5, 5.41) is 17.5. The maximum atomic E-state index is 14.0. The highest BCUT2D eigenvalue weighted by molar-refractivity contribution is 7.89. The molecule has 46 heavy (non-hydrogen) atoms. The van der Waals surface area contributed by atoms with Gasteiger partial charge in [0.05, 0.1) is 25.2 Å². The molecule has 0 unspecified atom stereocenters. The summed E-state index contributed by atoms with van der Waals surface area (Å²) in [5.74, 6) is -3.16. The second-order valence-corrected chi connectivity index (χ2v) is 14.3. The second kappa shape index (κ2) is 11.0. The lowest BCUT2D eigenvalue weighted by Crippen LogP contribution is -2.47. The SMILES string of the molecule is Cc1ccc([C@@H](c2ccn3c(C(F)(F)F)nnc3c2C)C(C)(C)C(=O)O)cc1CN1C[C@@]2(CCOC2)Oc2ncccc2S1(=O)=O. The Hall–Kier alpha value is -4.08. The first kappa shape index (κ1) is 31.9. The smallest absolute Gasteiger partial charge is 0.452 e. The number of carboxylic acids is 1. The van der Waals surface area contributed by atoms with E-state index in [2.05, 4.69) is 15.2 Å². The van der Waals surface area contributed by atoms with Crippen LogP contribution in [-0.2, 0) is 32.3 Å². The molecule has 1 spiro atoms. The van der Waals surface area contributed by atoms with E-state index in [0.29, 0.717) is 35.3 Å². The van der Waals surface area contributed by atoms with Crippen LogP contribution in [0.2, 0.25) is 0 Å². The minimum Gasteiger partial charge on any atom is -0.481 e. The average Bonchev–Trinajstić information content (AvgIpc) is 3.61. The highest BCUT2D eigenvalue weighted by atomic mass is 32.2. The maximum Gasteiger partial charge on any atom is 0.452 e. The van der Waals surface area contributed by atoms with E-state index in [9.17, 15) is 31.5 Å². The minimum atomic E-state index is -4.74. The molecular weight excluding hydrogens is 627 g/mol. The summed E-state index contributed by atoms with van der Waals surface area (Å²) >= 11 is 0. The lowest BCUT2D eigenvalue weighted by atomic mass is 9.70. The molecule has 1 fully saturated rings. The Morgan fingerprint density at radius 3 is 2.59 bits per heavy atom. The van der Waals surface area contributed by atoms with Crippen molar-refractivity contribution in [2.24, 2.45) is 5.41 Å². The molecule has 4 aromatic rings. The number of rotatable bonds is 6. The first-order valence-corrected chi connectivity index (χ1v) is 16.0. The molecule has 2 aliphatic rings. The zero-order valence-electron chi connectivity index (χ0n) is 25.5. The van der Waals surface area contributed by atoms with Crippen LogP contribution in [-0.4, -0.2) is 68.7 Å². The number of hydrogen-bond donors (Lipinski definition) is 1. The molecule has 0 amide bonds. The average molecular weight is 660 g/mol. The lowest BCUT2D eigenvalue weighted by Gasteiger charge is -2.33. The summed E-state index contributed by atoms with van der Waals surface area (Å²) in [5.41, 5.74) is 0.288. The zero-order valence-corrected chi connectivity index (χ0v) is 26.3. The molecule has 15 heteroatoms. The van der Waals surface area contributed by atoms with Gasteiger partial charge < -0.3 is 14.6 Å². The van der Waals surface area contributed by atoms with Crippen molar-refractivity contribution in [1.82, 2.24) is 23.9 Å². The third-order valence-corrected chi connectivity index (χ3v) is 10.8. The summed E-state index contributed by atoms with van der Waals surface area (Å²) in [6.07, 6.45) is -1.62. The standard InChI is InChI=1S/C31H32F3N5O6S/c1-18-7-8-20(24(29(3,4)28(40)41)22-9-12-39-25(19(22)2)36-37-27(39)31(32,33)34)14-21(18)15-38-16-30(10-13-44-17-30)45-26-23(46(38,42)43)6-5-11-35-26/h5-9,11-12,14,24H,10,13,15-17H2,1-4H3,(H,40,41)/t24-,30+/m0/s1. The number of aliphatic carboxylic acids is 1. The number of nitrogens with zero attached hydrogens (tertiary/aromatic N) is 5. The van der Waals surface area contributed by atoms with Crippen molar-refractivity contribution in [3.05, 3.63) is 82.4 Å². The van der Waals surface area contributed by atoms with Crippen molar-refractivity contribution in [3.63, 3.8) is 0 Å². The molecule has 244 valence electrons. The van der Waals surface area contributed by atoms with Gasteiger partial charge in [0.25, 0.3) is 0 Å². The van der Waals surface area contributed by atoms with Crippen LogP contribution in [0.1, 0.15) is 59.8 Å². The van der Waals surface area contributed by atoms with Gasteiger partial charge in [-0.05, 0) is 73.7 Å². The van der Waals surface area contributed by atoms with E-state index in [1.807, 2.05) is 6.92 Å². The van der Waals surface area contributed by atoms with Crippen molar-refractivity contribution in [1.29, 1.82) is 0 Å². The monoisotopic (exact) mass is 659 g/mol. The van der Waals surface area contributed by atoms with Crippen LogP contribution in [0.15, 0.2) is 53.7 Å². The van der Waals surface area contributed by atoms with E-state index in [1.165, 1.54) is 34.9 Å². The number of fused-ring (bicyclic) bond motifs is 2. The van der Waals surface area contributed by atoms with Crippen molar-refractivity contribution >= 4 is 21.6 Å². The largest absolute Gasteiger partial charge is 0.481 e. The maximum absolute atomic E-state index is 14.0. The molecule has 0 aliphatic carbocycles. The molecule has 6 rings (SSSR count). The number of aryl methyl sites for hydroxylation is 2. The first-order valence-electron chi connectivity index (χ1n) is 14.5. The molecule has 1 N–H and O–H groups in total. The predicted molar refractivity (Wildman–Crippen MR) is 158 cm³/mol. The van der Waals surface area contributed by atoms with Crippen LogP contribution in [0, 0.1) is 19.3 Å². The molecule has 0 radical (unpaired) electrons. The quantitative estimate of drug-likeness (QED) is 0.311. The topological polar surface area (TPSA) is 136 Å². The number of halogens is 3. The van der Waals surface area contributed by atoms with Crippen LogP contribution in [0.5, 0.6) is 5.88 Å². The van der Waals surface area contributed by atoms with E-state index in [1.54, 1.807) is 39.0 Å². The van der Waals surface area contributed by atoms with Gasteiger partial charge in [-0.2, -0.15) is 17.5 Å². The van der Waals surface area contributed by atoms with Gasteiger partial charge in [0.1, 0.15) is 10.5 Å². The van der Waals surface area contributed by atoms with E-state index in [0.717, 1.165) is 9.96 Å². The molecule has 5 heterocycles. The van der Waals surface area contributed by atoms with Crippen molar-refractivity contribution in [2.45, 2.75) is 63.3 Å². The Kier molecular flexibility index (Phi) is 7.64. The highest BCUT2D eigenvalue weighted by Crippen LogP contribution is 2.44. The fourth-order valence-corrected chi connectivity index (χ4v) is 7.87. The van der Waals surface area contributed by atoms with E-state index >= 15 is 0 Å². The van der Waals surface area contributed by atoms with Crippen molar-refractivity contribution < 1.29 is 41.0 Å². The van der Waals surface area contributed by atoms with Crippen LogP contribution in [0.4, 0.5) is 13.2 Å². The van der Waals surface area contributed by atoms with Gasteiger partial charge in [-0.15, -0.1) is 10.2 Å². The van der Waals surface area contributed by atoms with Crippen LogP contribution >= 0.6 is 0 Å². The van der Waals surface area contributed by atoms with Gasteiger partial charge >= 0.3 is 12.1 Å². The number of aromatic nitrogens is 4. The number of carbonyl (C=O) groups is 1. The Balaban J connectivity index is 1.46. The summed E-state index contributed by atoms with van der Waals surface area (Å²) in [7, 11) is -4.08. The molecular formula is C31H32F3N5O6S. The second-order valence-electron chi connectivity index (χ2n) is 12.4. The van der Waals surface area contributed by atoms with Gasteiger partial charge in [0, 0.05) is 31.3 Å². The van der Waals surface area contributed by atoms with E-state index < -0.39 is 44.9 Å². The van der Waals surface area contributed by atoms with Crippen molar-refractivity contribution in [2.75, 3.05) is 19.8 Å². The lowest BCUT2D eigenvalue weighted by molar-refractivity contribution is -0.147. The molecule has 1 saturated heterocycles. The number of benzene rings is 1. The molecule has 11 nitrogen and oxygen atoms in total. The van der Waals surface area contributed by atoms with Gasteiger partial charge in [-0.3, -0.25) is 9.20 Å². The number of carboxylic acid groups (broad SMARTS) is 1. The Morgan fingerprint density at radius 1 is 1.15 bits per heavy atom. The van der Waals surface area contributed by atoms with E-state index in [4.69, 9.17) is 9.47 Å². The molecule has 1 aromatic carbocycles. The third-order valence-electron chi connectivity index (χ3n) is 8.96. The highest BCUT2D eigenvalue weighted by Gasteiger charge is 2.47. The predicted octanol–water partition coefficient (Wildman–Crippen LogP) is 4.75. The van der Waals surface area contributed by atoms with Crippen LogP contribution in [0.25, 0.3) is 5.65 Å². The van der Waals surface area contributed by atoms with E-state index in [-0.39, 0.29) is 36.1 Å².